The summed E-state index contributed by atoms with van der Waals surface area (Å²) in [4.78, 5) is 2.40. The van der Waals surface area contributed by atoms with E-state index in [1.807, 2.05) is 6.92 Å². The Morgan fingerprint density at radius 3 is 2.48 bits per heavy atom. The number of ether oxygens (including phenoxy) is 1. The lowest BCUT2D eigenvalue weighted by molar-refractivity contribution is 0.160. The van der Waals surface area contributed by atoms with Gasteiger partial charge in [-0.25, -0.2) is 12.8 Å². The monoisotopic (exact) mass is 392 g/mol. The largest absolute Gasteiger partial charge is 0.491 e. The normalized spacial score (nSPS) is 16.3. The Labute approximate surface area is 160 Å². The maximum absolute atomic E-state index is 13.7. The smallest absolute Gasteiger partial charge is 0.262 e. The zero-order valence-corrected chi connectivity index (χ0v) is 16.4. The summed E-state index contributed by atoms with van der Waals surface area (Å²) in [6.07, 6.45) is 2.06. The number of rotatable bonds is 6. The van der Waals surface area contributed by atoms with Crippen LogP contribution >= 0.6 is 0 Å². The van der Waals surface area contributed by atoms with Crippen LogP contribution in [0.5, 0.6) is 5.75 Å². The second-order valence-electron chi connectivity index (χ2n) is 7.12. The van der Waals surface area contributed by atoms with Gasteiger partial charge < -0.3 is 9.64 Å². The van der Waals surface area contributed by atoms with Crippen LogP contribution in [0.25, 0.3) is 0 Å². The van der Waals surface area contributed by atoms with Crippen molar-refractivity contribution in [2.75, 3.05) is 31.5 Å². The van der Waals surface area contributed by atoms with Gasteiger partial charge in [0, 0.05) is 6.07 Å². The van der Waals surface area contributed by atoms with Crippen LogP contribution in [0.4, 0.5) is 10.1 Å². The second kappa shape index (κ2) is 8.27. The Balaban J connectivity index is 1.74. The van der Waals surface area contributed by atoms with Gasteiger partial charge in [0.1, 0.15) is 11.6 Å². The molecular weight excluding hydrogens is 367 g/mol. The van der Waals surface area contributed by atoms with Crippen LogP contribution in [0.3, 0.4) is 0 Å². The molecule has 2 aromatic rings. The molecule has 0 aromatic heterocycles. The highest BCUT2D eigenvalue weighted by Gasteiger charge is 2.20. The van der Waals surface area contributed by atoms with E-state index in [1.54, 1.807) is 12.1 Å². The Bertz CT molecular complexity index is 877. The minimum Gasteiger partial charge on any atom is -0.491 e. The quantitative estimate of drug-likeness (QED) is 0.815. The molecule has 0 radical (unpaired) electrons. The van der Waals surface area contributed by atoms with Gasteiger partial charge in [-0.1, -0.05) is 17.7 Å². The molecule has 0 saturated carbocycles. The first-order valence-electron chi connectivity index (χ1n) is 9.04. The Hall–Kier alpha value is -2.12. The van der Waals surface area contributed by atoms with Crippen LogP contribution in [0.1, 0.15) is 18.4 Å². The minimum absolute atomic E-state index is 0.114. The number of likely N-dealkylation sites (tertiary alicyclic amines) is 1. The van der Waals surface area contributed by atoms with Gasteiger partial charge in [0.25, 0.3) is 10.0 Å². The molecule has 1 fully saturated rings. The SMILES string of the molecule is Cc1ccc(S(=O)(=O)Nc2cc(F)ccc2OCC2CCN(C)CC2)cc1. The van der Waals surface area contributed by atoms with Gasteiger partial charge >= 0.3 is 0 Å². The molecule has 0 atom stereocenters. The molecule has 1 saturated heterocycles. The summed E-state index contributed by atoms with van der Waals surface area (Å²) in [5, 5.41) is 0. The molecule has 1 N–H and O–H groups in total. The number of sulfonamides is 1. The van der Waals surface area contributed by atoms with Gasteiger partial charge in [-0.05, 0) is 70.1 Å². The predicted octanol–water partition coefficient (Wildman–Crippen LogP) is 3.66. The van der Waals surface area contributed by atoms with Crippen molar-refractivity contribution in [2.24, 2.45) is 5.92 Å². The lowest BCUT2D eigenvalue weighted by Gasteiger charge is -2.29. The molecule has 1 heterocycles. The van der Waals surface area contributed by atoms with Crippen molar-refractivity contribution in [3.8, 4) is 5.75 Å². The number of nitrogens with one attached hydrogen (secondary N) is 1. The van der Waals surface area contributed by atoms with E-state index >= 15 is 0 Å². The number of hydrogen-bond donors (Lipinski definition) is 1. The van der Waals surface area contributed by atoms with Crippen molar-refractivity contribution in [3.63, 3.8) is 0 Å². The van der Waals surface area contributed by atoms with Crippen LogP contribution < -0.4 is 9.46 Å². The third-order valence-corrected chi connectivity index (χ3v) is 6.21. The van der Waals surface area contributed by atoms with Crippen molar-refractivity contribution >= 4 is 15.7 Å². The first-order chi connectivity index (χ1) is 12.8. The first kappa shape index (κ1) is 19.6. The van der Waals surface area contributed by atoms with Crippen LogP contribution in [0.15, 0.2) is 47.4 Å². The molecule has 2 aromatic carbocycles. The molecule has 3 rings (SSSR count). The van der Waals surface area contributed by atoms with Gasteiger partial charge in [-0.15, -0.1) is 0 Å². The fourth-order valence-corrected chi connectivity index (χ4v) is 4.13. The highest BCUT2D eigenvalue weighted by Crippen LogP contribution is 2.29. The summed E-state index contributed by atoms with van der Waals surface area (Å²) < 4.78 is 47.3. The van der Waals surface area contributed by atoms with Crippen LogP contribution in [0, 0.1) is 18.7 Å². The maximum atomic E-state index is 13.7. The molecule has 0 bridgehead atoms. The van der Waals surface area contributed by atoms with Gasteiger partial charge in [-0.3, -0.25) is 4.72 Å². The summed E-state index contributed by atoms with van der Waals surface area (Å²) in [7, 11) is -1.73. The van der Waals surface area contributed by atoms with E-state index in [-0.39, 0.29) is 10.6 Å². The summed E-state index contributed by atoms with van der Waals surface area (Å²) >= 11 is 0. The standard InChI is InChI=1S/C20H25FN2O3S/c1-15-3-6-18(7-4-15)27(24,25)22-19-13-17(21)5-8-20(19)26-14-16-9-11-23(2)12-10-16/h3-8,13,16,22H,9-12,14H2,1-2H3. The summed E-state index contributed by atoms with van der Waals surface area (Å²) in [5.74, 6) is 0.224. The maximum Gasteiger partial charge on any atom is 0.262 e. The number of anilines is 1. The number of benzene rings is 2. The van der Waals surface area contributed by atoms with E-state index in [1.165, 1.54) is 24.3 Å². The molecule has 5 nitrogen and oxygen atoms in total. The number of aryl methyl sites for hydroxylation is 1. The number of halogens is 1. The van der Waals surface area contributed by atoms with Crippen molar-refractivity contribution in [1.82, 2.24) is 4.90 Å². The Morgan fingerprint density at radius 1 is 1.15 bits per heavy atom. The molecule has 7 heteroatoms. The van der Waals surface area contributed by atoms with Crippen LogP contribution in [-0.4, -0.2) is 40.1 Å². The highest BCUT2D eigenvalue weighted by atomic mass is 32.2. The molecule has 27 heavy (non-hydrogen) atoms. The Morgan fingerprint density at radius 2 is 1.81 bits per heavy atom. The molecule has 1 aliphatic heterocycles. The topological polar surface area (TPSA) is 58.6 Å². The second-order valence-corrected chi connectivity index (χ2v) is 8.80. The van der Waals surface area contributed by atoms with Gasteiger partial charge in [0.15, 0.2) is 0 Å². The van der Waals surface area contributed by atoms with Crippen LogP contribution in [-0.2, 0) is 10.0 Å². The highest BCUT2D eigenvalue weighted by molar-refractivity contribution is 7.92. The summed E-state index contributed by atoms with van der Waals surface area (Å²) in [6, 6.07) is 10.4. The van der Waals surface area contributed by atoms with E-state index < -0.39 is 15.8 Å². The van der Waals surface area contributed by atoms with Crippen molar-refractivity contribution in [1.29, 1.82) is 0 Å². The van der Waals surface area contributed by atoms with Crippen molar-refractivity contribution in [3.05, 3.63) is 53.8 Å². The zero-order valence-electron chi connectivity index (χ0n) is 15.6. The minimum atomic E-state index is -3.82. The molecule has 0 spiro atoms. The average Bonchev–Trinajstić information content (AvgIpc) is 2.62. The lowest BCUT2D eigenvalue weighted by Crippen LogP contribution is -2.32. The van der Waals surface area contributed by atoms with E-state index in [9.17, 15) is 12.8 Å². The zero-order chi connectivity index (χ0) is 19.4. The van der Waals surface area contributed by atoms with Gasteiger partial charge in [0.2, 0.25) is 0 Å². The van der Waals surface area contributed by atoms with Gasteiger partial charge in [-0.2, -0.15) is 0 Å². The fourth-order valence-electron chi connectivity index (χ4n) is 3.07. The lowest BCUT2D eigenvalue weighted by atomic mass is 9.98. The van der Waals surface area contributed by atoms with Crippen molar-refractivity contribution < 1.29 is 17.5 Å². The third kappa shape index (κ3) is 5.20. The van der Waals surface area contributed by atoms with Crippen molar-refractivity contribution in [2.45, 2.75) is 24.7 Å². The van der Waals surface area contributed by atoms with E-state index in [2.05, 4.69) is 16.7 Å². The number of piperidine rings is 1. The van der Waals surface area contributed by atoms with Crippen LogP contribution in [0.2, 0.25) is 0 Å². The molecule has 1 aliphatic rings. The van der Waals surface area contributed by atoms with E-state index in [4.69, 9.17) is 4.74 Å². The fraction of sp³-hybridized carbons (Fsp3) is 0.400. The summed E-state index contributed by atoms with van der Waals surface area (Å²) in [5.41, 5.74) is 1.07. The molecule has 0 aliphatic carbocycles. The third-order valence-electron chi connectivity index (χ3n) is 4.83. The van der Waals surface area contributed by atoms with E-state index in [0.29, 0.717) is 18.3 Å². The molecule has 146 valence electrons. The average molecular weight is 392 g/mol. The van der Waals surface area contributed by atoms with Gasteiger partial charge in [0.05, 0.1) is 17.2 Å². The number of hydrogen-bond acceptors (Lipinski definition) is 4. The molecule has 0 unspecified atom stereocenters. The molecular formula is C20H25FN2O3S. The first-order valence-corrected chi connectivity index (χ1v) is 10.5. The molecule has 0 amide bonds. The predicted molar refractivity (Wildman–Crippen MR) is 104 cm³/mol. The Kier molecular flexibility index (Phi) is 6.01. The number of nitrogens with zero attached hydrogens (tertiary/aromatic N) is 1. The summed E-state index contributed by atoms with van der Waals surface area (Å²) in [6.45, 7) is 4.40. The van der Waals surface area contributed by atoms with E-state index in [0.717, 1.165) is 37.6 Å².